The summed E-state index contributed by atoms with van der Waals surface area (Å²) in [5.41, 5.74) is 1.66. The second-order valence-corrected chi connectivity index (χ2v) is 6.81. The number of carbonyl (C=O) groups is 2. The number of hydrogen-bond acceptors (Lipinski definition) is 6. The van der Waals surface area contributed by atoms with Crippen LogP contribution in [0, 0.1) is 11.8 Å². The summed E-state index contributed by atoms with van der Waals surface area (Å²) >= 11 is 0. The molecule has 0 spiro atoms. The first-order valence-corrected chi connectivity index (χ1v) is 9.04. The molecule has 0 aromatic carbocycles. The Morgan fingerprint density at radius 1 is 0.893 bits per heavy atom. The zero-order valence-corrected chi connectivity index (χ0v) is 15.8. The van der Waals surface area contributed by atoms with Crippen molar-refractivity contribution in [3.63, 3.8) is 0 Å². The minimum absolute atomic E-state index is 0.347. The van der Waals surface area contributed by atoms with Crippen LogP contribution in [0.3, 0.4) is 0 Å². The van der Waals surface area contributed by atoms with Gasteiger partial charge in [-0.3, -0.25) is 19.0 Å². The number of carboxylic acids is 2. The van der Waals surface area contributed by atoms with Gasteiger partial charge in [0.2, 0.25) is 0 Å². The summed E-state index contributed by atoms with van der Waals surface area (Å²) in [4.78, 5) is 21.8. The number of hydrogen-bond donors (Lipinski definition) is 2. The van der Waals surface area contributed by atoms with E-state index in [0.717, 1.165) is 11.4 Å². The fraction of sp³-hybridized carbons (Fsp3) is 0.556. The number of aryl methyl sites for hydroxylation is 2. The highest BCUT2D eigenvalue weighted by Crippen LogP contribution is 2.35. The Bertz CT molecular complexity index is 763. The van der Waals surface area contributed by atoms with Gasteiger partial charge >= 0.3 is 11.9 Å². The Morgan fingerprint density at radius 3 is 1.57 bits per heavy atom. The van der Waals surface area contributed by atoms with Crippen LogP contribution < -0.4 is 0 Å². The highest BCUT2D eigenvalue weighted by molar-refractivity contribution is 5.71. The normalized spacial score (nSPS) is 26.6. The molecule has 0 saturated carbocycles. The molecule has 2 aliphatic rings. The quantitative estimate of drug-likeness (QED) is 0.793. The lowest BCUT2D eigenvalue weighted by Crippen LogP contribution is -2.19. The average molecular weight is 392 g/mol. The highest BCUT2D eigenvalue weighted by Gasteiger charge is 2.37. The smallest absolute Gasteiger partial charge is 0.309 e. The standard InChI is InChI=1S/2C9H12N2O3/c2*1-11-7(2-4-10-11)8-6(9(12)13)3-5-14-8/h2*2,4,6,8H,3,5H2,1H3,(H,12,13)/t2*6-,8-/m10/s1. The Kier molecular flexibility index (Phi) is 6.10. The molecule has 0 bridgehead atoms. The first-order valence-electron chi connectivity index (χ1n) is 9.04. The van der Waals surface area contributed by atoms with Gasteiger partial charge in [0.1, 0.15) is 12.2 Å². The molecule has 0 radical (unpaired) electrons. The highest BCUT2D eigenvalue weighted by atomic mass is 16.5. The van der Waals surface area contributed by atoms with Crippen LogP contribution in [0.5, 0.6) is 0 Å². The van der Waals surface area contributed by atoms with E-state index in [2.05, 4.69) is 10.2 Å². The molecule has 2 aromatic heterocycles. The predicted octanol–water partition coefficient (Wildman–Crippen LogP) is 1.16. The molecule has 2 N–H and O–H groups in total. The van der Waals surface area contributed by atoms with Gasteiger partial charge in [-0.15, -0.1) is 0 Å². The molecule has 2 saturated heterocycles. The number of nitrogens with zero attached hydrogens (tertiary/aromatic N) is 4. The largest absolute Gasteiger partial charge is 0.481 e. The van der Waals surface area contributed by atoms with E-state index in [4.69, 9.17) is 19.7 Å². The molecule has 2 aliphatic heterocycles. The molecule has 4 rings (SSSR count). The van der Waals surface area contributed by atoms with Crippen molar-refractivity contribution in [2.24, 2.45) is 25.9 Å². The van der Waals surface area contributed by atoms with Gasteiger partial charge in [0, 0.05) is 39.7 Å². The van der Waals surface area contributed by atoms with E-state index in [1.165, 1.54) is 0 Å². The fourth-order valence-corrected chi connectivity index (χ4v) is 3.59. The van der Waals surface area contributed by atoms with Gasteiger partial charge < -0.3 is 19.7 Å². The summed E-state index contributed by atoms with van der Waals surface area (Å²) in [7, 11) is 3.58. The summed E-state index contributed by atoms with van der Waals surface area (Å²) in [5.74, 6) is -2.47. The molecule has 0 amide bonds. The van der Waals surface area contributed by atoms with Gasteiger partial charge in [0.15, 0.2) is 0 Å². The van der Waals surface area contributed by atoms with Crippen LogP contribution in [-0.2, 0) is 33.2 Å². The monoisotopic (exact) mass is 392 g/mol. The van der Waals surface area contributed by atoms with Crippen molar-refractivity contribution < 1.29 is 29.3 Å². The van der Waals surface area contributed by atoms with E-state index in [1.807, 2.05) is 0 Å². The number of aromatic nitrogens is 4. The van der Waals surface area contributed by atoms with Gasteiger partial charge in [-0.2, -0.15) is 10.2 Å². The van der Waals surface area contributed by atoms with Gasteiger partial charge in [-0.1, -0.05) is 0 Å². The first kappa shape index (κ1) is 20.0. The second-order valence-electron chi connectivity index (χ2n) is 6.81. The van der Waals surface area contributed by atoms with Crippen LogP contribution in [0.15, 0.2) is 24.5 Å². The van der Waals surface area contributed by atoms with Gasteiger partial charge in [0.25, 0.3) is 0 Å². The summed E-state index contributed by atoms with van der Waals surface area (Å²) in [6.07, 6.45) is 3.75. The summed E-state index contributed by atoms with van der Waals surface area (Å²) < 4.78 is 14.1. The minimum atomic E-state index is -0.797. The molecule has 4 atom stereocenters. The van der Waals surface area contributed by atoms with E-state index in [-0.39, 0.29) is 12.2 Å². The minimum Gasteiger partial charge on any atom is -0.481 e. The molecule has 2 aromatic rings. The van der Waals surface area contributed by atoms with Crippen LogP contribution >= 0.6 is 0 Å². The third-order valence-corrected chi connectivity index (χ3v) is 5.12. The summed E-state index contributed by atoms with van der Waals surface area (Å²) in [5, 5.41) is 25.9. The van der Waals surface area contributed by atoms with Crippen LogP contribution in [0.1, 0.15) is 36.4 Å². The third kappa shape index (κ3) is 4.07. The molecule has 10 nitrogen and oxygen atoms in total. The molecule has 28 heavy (non-hydrogen) atoms. The van der Waals surface area contributed by atoms with Crippen molar-refractivity contribution in [3.8, 4) is 0 Å². The van der Waals surface area contributed by atoms with Crippen LogP contribution in [0.2, 0.25) is 0 Å². The van der Waals surface area contributed by atoms with Crippen molar-refractivity contribution in [2.75, 3.05) is 13.2 Å². The maximum absolute atomic E-state index is 10.9. The van der Waals surface area contributed by atoms with Crippen molar-refractivity contribution in [1.82, 2.24) is 19.6 Å². The lowest BCUT2D eigenvalue weighted by Gasteiger charge is -2.14. The Morgan fingerprint density at radius 2 is 1.29 bits per heavy atom. The van der Waals surface area contributed by atoms with E-state index in [9.17, 15) is 9.59 Å². The zero-order valence-electron chi connectivity index (χ0n) is 15.8. The lowest BCUT2D eigenvalue weighted by atomic mass is 9.99. The van der Waals surface area contributed by atoms with E-state index in [0.29, 0.717) is 26.1 Å². The van der Waals surface area contributed by atoms with E-state index < -0.39 is 23.8 Å². The van der Waals surface area contributed by atoms with Gasteiger partial charge in [-0.05, 0) is 25.0 Å². The predicted molar refractivity (Wildman–Crippen MR) is 95.3 cm³/mol. The first-order chi connectivity index (χ1) is 13.4. The molecular formula is C18H24N4O6. The number of ether oxygens (including phenoxy) is 2. The SMILES string of the molecule is Cn1nccc1[C@@H]1OCC[C@H]1C(=O)O.Cn1nccc1[C@H]1OCC[C@@H]1C(=O)O. The second kappa shape index (κ2) is 8.53. The van der Waals surface area contributed by atoms with E-state index in [1.54, 1.807) is 48.0 Å². The molecule has 2 fully saturated rings. The fourth-order valence-electron chi connectivity index (χ4n) is 3.59. The van der Waals surface area contributed by atoms with Crippen LogP contribution in [0.25, 0.3) is 0 Å². The van der Waals surface area contributed by atoms with Gasteiger partial charge in [0.05, 0.1) is 23.2 Å². The van der Waals surface area contributed by atoms with E-state index >= 15 is 0 Å². The molecular weight excluding hydrogens is 368 g/mol. The molecule has 0 aliphatic carbocycles. The molecule has 152 valence electrons. The molecule has 10 heteroatoms. The average Bonchev–Trinajstić information content (AvgIpc) is 3.41. The molecule has 4 heterocycles. The van der Waals surface area contributed by atoms with Crippen molar-refractivity contribution in [1.29, 1.82) is 0 Å². The lowest BCUT2D eigenvalue weighted by molar-refractivity contribution is -0.144. The number of rotatable bonds is 4. The Hall–Kier alpha value is -2.72. The molecule has 0 unspecified atom stereocenters. The Balaban J connectivity index is 0.000000161. The zero-order chi connectivity index (χ0) is 20.3. The summed E-state index contributed by atoms with van der Waals surface area (Å²) in [6, 6.07) is 3.60. The van der Waals surface area contributed by atoms with Gasteiger partial charge in [-0.25, -0.2) is 0 Å². The van der Waals surface area contributed by atoms with Crippen molar-refractivity contribution in [2.45, 2.75) is 25.0 Å². The topological polar surface area (TPSA) is 129 Å². The number of aliphatic carboxylic acids is 2. The van der Waals surface area contributed by atoms with Crippen LogP contribution in [0.4, 0.5) is 0 Å². The Labute approximate surface area is 161 Å². The summed E-state index contributed by atoms with van der Waals surface area (Å²) in [6.45, 7) is 1.01. The third-order valence-electron chi connectivity index (χ3n) is 5.12. The van der Waals surface area contributed by atoms with Crippen molar-refractivity contribution >= 4 is 11.9 Å². The van der Waals surface area contributed by atoms with Crippen LogP contribution in [-0.4, -0.2) is 54.9 Å². The maximum Gasteiger partial charge on any atom is 0.309 e. The maximum atomic E-state index is 10.9. The van der Waals surface area contributed by atoms with Crippen molar-refractivity contribution in [3.05, 3.63) is 35.9 Å². The number of carboxylic acid groups (broad SMARTS) is 2.